The number of ketones is 1. The Kier molecular flexibility index (Phi) is 3.95. The Balaban J connectivity index is 1.95. The van der Waals surface area contributed by atoms with Crippen molar-refractivity contribution in [1.29, 1.82) is 0 Å². The highest BCUT2D eigenvalue weighted by Crippen LogP contribution is 2.21. The number of nitrogens with zero attached hydrogens (tertiary/aromatic N) is 1. The lowest BCUT2D eigenvalue weighted by atomic mass is 9.96. The molecule has 2 nitrogen and oxygen atoms in total. The van der Waals surface area contributed by atoms with Crippen molar-refractivity contribution in [3.05, 3.63) is 35.9 Å². The summed E-state index contributed by atoms with van der Waals surface area (Å²) in [7, 11) is 0. The van der Waals surface area contributed by atoms with Crippen LogP contribution in [0.2, 0.25) is 0 Å². The van der Waals surface area contributed by atoms with Crippen LogP contribution in [0.4, 0.5) is 0 Å². The van der Waals surface area contributed by atoms with Crippen LogP contribution >= 0.6 is 0 Å². The van der Waals surface area contributed by atoms with Gasteiger partial charge in [0.05, 0.1) is 0 Å². The molecule has 1 saturated heterocycles. The molecule has 1 aromatic carbocycles. The summed E-state index contributed by atoms with van der Waals surface area (Å²) >= 11 is 0. The van der Waals surface area contributed by atoms with E-state index >= 15 is 0 Å². The summed E-state index contributed by atoms with van der Waals surface area (Å²) in [6, 6.07) is 11.0. The van der Waals surface area contributed by atoms with Gasteiger partial charge >= 0.3 is 0 Å². The van der Waals surface area contributed by atoms with E-state index in [2.05, 4.69) is 49.1 Å². The van der Waals surface area contributed by atoms with E-state index in [1.165, 1.54) is 5.56 Å². The molecule has 0 N–H and O–H groups in total. The van der Waals surface area contributed by atoms with E-state index in [-0.39, 0.29) is 0 Å². The number of benzene rings is 1. The second-order valence-electron chi connectivity index (χ2n) is 5.15. The molecule has 1 heterocycles. The van der Waals surface area contributed by atoms with Gasteiger partial charge in [-0.3, -0.25) is 9.69 Å². The average molecular weight is 231 g/mol. The molecule has 2 rings (SSSR count). The molecule has 0 radical (unpaired) electrons. The van der Waals surface area contributed by atoms with Gasteiger partial charge < -0.3 is 0 Å². The summed E-state index contributed by atoms with van der Waals surface area (Å²) in [5.74, 6) is 0.952. The van der Waals surface area contributed by atoms with Gasteiger partial charge in [0.25, 0.3) is 0 Å². The van der Waals surface area contributed by atoms with Crippen LogP contribution in [0, 0.1) is 0 Å². The van der Waals surface area contributed by atoms with Crippen LogP contribution in [0.5, 0.6) is 0 Å². The molecule has 1 aliphatic heterocycles. The molecule has 0 amide bonds. The Hall–Kier alpha value is -1.15. The number of Topliss-reactive ketones (excluding diaryl/α,β-unsaturated/α-hetero) is 1. The smallest absolute Gasteiger partial charge is 0.135 e. The van der Waals surface area contributed by atoms with Gasteiger partial charge in [-0.25, -0.2) is 0 Å². The first-order valence-corrected chi connectivity index (χ1v) is 6.47. The monoisotopic (exact) mass is 231 g/mol. The zero-order valence-electron chi connectivity index (χ0n) is 10.7. The van der Waals surface area contributed by atoms with Gasteiger partial charge in [-0.2, -0.15) is 0 Å². The van der Waals surface area contributed by atoms with Crippen molar-refractivity contribution >= 4 is 5.78 Å². The molecule has 2 atom stereocenters. The standard InChI is InChI=1S/C15H21NO/c1-12(14-6-4-3-5-7-14)11-16-9-8-15(17)10-13(16)2/h3-7,12-13H,8-11H2,1-2H3. The van der Waals surface area contributed by atoms with Gasteiger partial charge in [-0.1, -0.05) is 37.3 Å². The first-order chi connectivity index (χ1) is 8.16. The summed E-state index contributed by atoms with van der Waals surface area (Å²) in [5, 5.41) is 0. The van der Waals surface area contributed by atoms with Crippen LogP contribution in [-0.2, 0) is 4.79 Å². The molecule has 0 aliphatic carbocycles. The molecule has 0 saturated carbocycles. The van der Waals surface area contributed by atoms with Gasteiger partial charge in [0.1, 0.15) is 5.78 Å². The van der Waals surface area contributed by atoms with Crippen molar-refractivity contribution in [3.63, 3.8) is 0 Å². The number of hydrogen-bond acceptors (Lipinski definition) is 2. The summed E-state index contributed by atoms with van der Waals surface area (Å²) in [6.07, 6.45) is 1.45. The molecule has 1 aliphatic rings. The Morgan fingerprint density at radius 1 is 1.35 bits per heavy atom. The third-order valence-corrected chi connectivity index (χ3v) is 3.70. The Morgan fingerprint density at radius 3 is 2.71 bits per heavy atom. The fourth-order valence-corrected chi connectivity index (χ4v) is 2.56. The zero-order valence-corrected chi connectivity index (χ0v) is 10.7. The minimum atomic E-state index is 0.405. The molecule has 0 spiro atoms. The predicted molar refractivity (Wildman–Crippen MR) is 70.1 cm³/mol. The maximum Gasteiger partial charge on any atom is 0.135 e. The molecule has 92 valence electrons. The molecular formula is C15H21NO. The first-order valence-electron chi connectivity index (χ1n) is 6.47. The van der Waals surface area contributed by atoms with Crippen LogP contribution < -0.4 is 0 Å². The minimum Gasteiger partial charge on any atom is -0.300 e. The van der Waals surface area contributed by atoms with Crippen LogP contribution in [0.3, 0.4) is 0 Å². The topological polar surface area (TPSA) is 20.3 Å². The second kappa shape index (κ2) is 5.46. The zero-order chi connectivity index (χ0) is 12.3. The molecular weight excluding hydrogens is 210 g/mol. The lowest BCUT2D eigenvalue weighted by Gasteiger charge is -2.34. The highest BCUT2D eigenvalue weighted by molar-refractivity contribution is 5.79. The Bertz CT molecular complexity index is 374. The van der Waals surface area contributed by atoms with E-state index in [0.29, 0.717) is 17.7 Å². The molecule has 17 heavy (non-hydrogen) atoms. The summed E-state index contributed by atoms with van der Waals surface area (Å²) < 4.78 is 0. The molecule has 2 heteroatoms. The Morgan fingerprint density at radius 2 is 2.06 bits per heavy atom. The van der Waals surface area contributed by atoms with Crippen LogP contribution in [0.1, 0.15) is 38.2 Å². The summed E-state index contributed by atoms with van der Waals surface area (Å²) in [5.41, 5.74) is 1.39. The number of carbonyl (C=O) groups excluding carboxylic acids is 1. The molecule has 1 fully saturated rings. The minimum absolute atomic E-state index is 0.405. The number of likely N-dealkylation sites (tertiary alicyclic amines) is 1. The number of rotatable bonds is 3. The SMILES string of the molecule is CC(CN1CCC(=O)CC1C)c1ccccc1. The fraction of sp³-hybridized carbons (Fsp3) is 0.533. The van der Waals surface area contributed by atoms with Crippen molar-refractivity contribution in [1.82, 2.24) is 4.90 Å². The van der Waals surface area contributed by atoms with Gasteiger partial charge in [0.15, 0.2) is 0 Å². The lowest BCUT2D eigenvalue weighted by Crippen LogP contribution is -2.42. The van der Waals surface area contributed by atoms with E-state index in [1.54, 1.807) is 0 Å². The largest absolute Gasteiger partial charge is 0.300 e. The third-order valence-electron chi connectivity index (χ3n) is 3.70. The highest BCUT2D eigenvalue weighted by atomic mass is 16.1. The van der Waals surface area contributed by atoms with Crippen LogP contribution in [0.15, 0.2) is 30.3 Å². The number of piperidine rings is 1. The van der Waals surface area contributed by atoms with E-state index in [1.807, 2.05) is 0 Å². The second-order valence-corrected chi connectivity index (χ2v) is 5.15. The maximum absolute atomic E-state index is 11.3. The van der Waals surface area contributed by atoms with Crippen LogP contribution in [-0.4, -0.2) is 29.8 Å². The lowest BCUT2D eigenvalue weighted by molar-refractivity contribution is -0.122. The van der Waals surface area contributed by atoms with Crippen molar-refractivity contribution in [2.24, 2.45) is 0 Å². The predicted octanol–water partition coefficient (Wildman–Crippen LogP) is 2.84. The average Bonchev–Trinajstić information content (AvgIpc) is 2.34. The Labute approximate surface area is 104 Å². The third kappa shape index (κ3) is 3.16. The summed E-state index contributed by atoms with van der Waals surface area (Å²) in [4.78, 5) is 13.8. The fourth-order valence-electron chi connectivity index (χ4n) is 2.56. The van der Waals surface area contributed by atoms with E-state index < -0.39 is 0 Å². The van der Waals surface area contributed by atoms with Gasteiger partial charge in [0, 0.05) is 32.0 Å². The van der Waals surface area contributed by atoms with Gasteiger partial charge in [-0.15, -0.1) is 0 Å². The maximum atomic E-state index is 11.3. The number of carbonyl (C=O) groups is 1. The van der Waals surface area contributed by atoms with E-state index in [0.717, 1.165) is 25.9 Å². The van der Waals surface area contributed by atoms with Crippen molar-refractivity contribution < 1.29 is 4.79 Å². The van der Waals surface area contributed by atoms with E-state index in [9.17, 15) is 4.79 Å². The molecule has 0 aromatic heterocycles. The van der Waals surface area contributed by atoms with E-state index in [4.69, 9.17) is 0 Å². The number of hydrogen-bond donors (Lipinski definition) is 0. The van der Waals surface area contributed by atoms with Crippen LogP contribution in [0.25, 0.3) is 0 Å². The quantitative estimate of drug-likeness (QED) is 0.797. The molecule has 2 unspecified atom stereocenters. The van der Waals surface area contributed by atoms with Gasteiger partial charge in [-0.05, 0) is 18.4 Å². The van der Waals surface area contributed by atoms with Crippen molar-refractivity contribution in [2.45, 2.75) is 38.6 Å². The normalized spacial score (nSPS) is 23.6. The first kappa shape index (κ1) is 12.3. The highest BCUT2D eigenvalue weighted by Gasteiger charge is 2.24. The summed E-state index contributed by atoms with van der Waals surface area (Å²) in [6.45, 7) is 6.41. The van der Waals surface area contributed by atoms with Crippen molar-refractivity contribution in [2.75, 3.05) is 13.1 Å². The van der Waals surface area contributed by atoms with Gasteiger partial charge in [0.2, 0.25) is 0 Å². The van der Waals surface area contributed by atoms with Crippen molar-refractivity contribution in [3.8, 4) is 0 Å². The molecule has 0 bridgehead atoms. The molecule has 1 aromatic rings.